The van der Waals surface area contributed by atoms with Crippen molar-refractivity contribution in [1.29, 1.82) is 0 Å². The van der Waals surface area contributed by atoms with Gasteiger partial charge in [0.15, 0.2) is 0 Å². The van der Waals surface area contributed by atoms with E-state index in [4.69, 9.17) is 4.74 Å². The second-order valence-electron chi connectivity index (χ2n) is 8.59. The monoisotopic (exact) mass is 484 g/mol. The topological polar surface area (TPSA) is 105 Å². The molecule has 0 spiro atoms. The van der Waals surface area contributed by atoms with Crippen molar-refractivity contribution in [3.05, 3.63) is 59.7 Å². The largest absolute Gasteiger partial charge is 0.480 e. The van der Waals surface area contributed by atoms with Crippen molar-refractivity contribution < 1.29 is 24.2 Å². The summed E-state index contributed by atoms with van der Waals surface area (Å²) >= 11 is 1.54. The fraction of sp³-hybridized carbons (Fsp3) is 0.423. The van der Waals surface area contributed by atoms with Crippen molar-refractivity contribution in [2.75, 3.05) is 25.2 Å². The predicted octanol–water partition coefficient (Wildman–Crippen LogP) is 4.26. The van der Waals surface area contributed by atoms with Gasteiger partial charge in [-0.1, -0.05) is 55.5 Å². The molecule has 7 nitrogen and oxygen atoms in total. The molecule has 0 aliphatic heterocycles. The summed E-state index contributed by atoms with van der Waals surface area (Å²) in [7, 11) is 0. The highest BCUT2D eigenvalue weighted by atomic mass is 32.2. The maximum Gasteiger partial charge on any atom is 0.407 e. The zero-order valence-electron chi connectivity index (χ0n) is 19.6. The zero-order valence-corrected chi connectivity index (χ0v) is 20.4. The second-order valence-corrected chi connectivity index (χ2v) is 9.58. The molecule has 3 rings (SSSR count). The van der Waals surface area contributed by atoms with Crippen LogP contribution in [0.5, 0.6) is 0 Å². The first-order valence-corrected chi connectivity index (χ1v) is 12.9. The van der Waals surface area contributed by atoms with E-state index >= 15 is 0 Å². The number of carboxylic acid groups (broad SMARTS) is 1. The number of benzene rings is 2. The van der Waals surface area contributed by atoms with Crippen LogP contribution in [0, 0.1) is 5.92 Å². The fourth-order valence-electron chi connectivity index (χ4n) is 4.23. The first-order chi connectivity index (χ1) is 16.4. The van der Waals surface area contributed by atoms with Crippen LogP contribution in [0.2, 0.25) is 0 Å². The van der Waals surface area contributed by atoms with E-state index in [1.165, 1.54) is 11.1 Å². The summed E-state index contributed by atoms with van der Waals surface area (Å²) in [5, 5.41) is 14.6. The molecule has 2 unspecified atom stereocenters. The van der Waals surface area contributed by atoms with Gasteiger partial charge in [0.1, 0.15) is 12.6 Å². The number of thioether (sulfide) groups is 1. The quantitative estimate of drug-likeness (QED) is 0.416. The molecular weight excluding hydrogens is 452 g/mol. The number of amides is 2. The van der Waals surface area contributed by atoms with Gasteiger partial charge in [-0.15, -0.1) is 0 Å². The van der Waals surface area contributed by atoms with E-state index < -0.39 is 18.1 Å². The summed E-state index contributed by atoms with van der Waals surface area (Å²) in [5.74, 6) is -0.649. The summed E-state index contributed by atoms with van der Waals surface area (Å²) in [6.45, 7) is 2.53. The number of carboxylic acids is 1. The van der Waals surface area contributed by atoms with Crippen molar-refractivity contribution in [2.45, 2.75) is 38.1 Å². The van der Waals surface area contributed by atoms with Gasteiger partial charge in [-0.25, -0.2) is 9.59 Å². The third-order valence-electron chi connectivity index (χ3n) is 6.03. The third-order valence-corrected chi connectivity index (χ3v) is 6.67. The van der Waals surface area contributed by atoms with Gasteiger partial charge in [0, 0.05) is 18.9 Å². The van der Waals surface area contributed by atoms with Crippen LogP contribution in [0.25, 0.3) is 11.1 Å². The number of fused-ring (bicyclic) bond motifs is 3. The molecule has 2 aromatic rings. The van der Waals surface area contributed by atoms with Gasteiger partial charge in [0.2, 0.25) is 5.91 Å². The molecule has 0 heterocycles. The molecular formula is C26H32N2O5S. The van der Waals surface area contributed by atoms with Gasteiger partial charge in [-0.05, 0) is 53.0 Å². The number of alkyl carbamates (subject to hydrolysis) is 1. The number of carbonyl (C=O) groups is 3. The highest BCUT2D eigenvalue weighted by Crippen LogP contribution is 2.44. The van der Waals surface area contributed by atoms with Gasteiger partial charge >= 0.3 is 12.1 Å². The number of nitrogens with one attached hydrogen (secondary N) is 2. The molecule has 2 aromatic carbocycles. The van der Waals surface area contributed by atoms with Crippen LogP contribution in [0.4, 0.5) is 4.79 Å². The van der Waals surface area contributed by atoms with Crippen molar-refractivity contribution in [1.82, 2.24) is 10.6 Å². The maximum absolute atomic E-state index is 12.3. The molecule has 1 aliphatic rings. The van der Waals surface area contributed by atoms with E-state index in [0.717, 1.165) is 11.1 Å². The summed E-state index contributed by atoms with van der Waals surface area (Å²) < 4.78 is 5.52. The first-order valence-electron chi connectivity index (χ1n) is 11.5. The molecule has 2 atom stereocenters. The predicted molar refractivity (Wildman–Crippen MR) is 134 cm³/mol. The minimum atomic E-state index is -1.02. The third kappa shape index (κ3) is 6.76. The van der Waals surface area contributed by atoms with Crippen LogP contribution in [0.15, 0.2) is 48.5 Å². The Labute approximate surface area is 204 Å². The molecule has 182 valence electrons. The lowest BCUT2D eigenvalue weighted by Gasteiger charge is -2.17. The Morgan fingerprint density at radius 3 is 2.24 bits per heavy atom. The van der Waals surface area contributed by atoms with Gasteiger partial charge in [0.05, 0.1) is 0 Å². The minimum absolute atomic E-state index is 0.00839. The molecule has 1 aliphatic carbocycles. The van der Waals surface area contributed by atoms with Gasteiger partial charge in [-0.3, -0.25) is 4.79 Å². The lowest BCUT2D eigenvalue weighted by Crippen LogP contribution is -2.41. The molecule has 34 heavy (non-hydrogen) atoms. The summed E-state index contributed by atoms with van der Waals surface area (Å²) in [6.07, 6.45) is 2.59. The van der Waals surface area contributed by atoms with Crippen LogP contribution in [0.1, 0.15) is 43.2 Å². The molecule has 8 heteroatoms. The average molecular weight is 485 g/mol. The van der Waals surface area contributed by atoms with Gasteiger partial charge in [0.25, 0.3) is 0 Å². The number of carbonyl (C=O) groups excluding carboxylic acids is 2. The Morgan fingerprint density at radius 1 is 1.03 bits per heavy atom. The molecule has 0 fully saturated rings. The summed E-state index contributed by atoms with van der Waals surface area (Å²) in [4.78, 5) is 35.7. The van der Waals surface area contributed by atoms with E-state index in [2.05, 4.69) is 34.9 Å². The van der Waals surface area contributed by atoms with Crippen molar-refractivity contribution in [2.24, 2.45) is 5.92 Å². The number of rotatable bonds is 12. The number of hydrogen-bond acceptors (Lipinski definition) is 5. The normalized spacial score (nSPS) is 13.9. The first kappa shape index (κ1) is 25.6. The number of hydrogen-bond donors (Lipinski definition) is 3. The molecule has 0 bridgehead atoms. The Bertz CT molecular complexity index is 967. The Morgan fingerprint density at radius 2 is 1.65 bits per heavy atom. The van der Waals surface area contributed by atoms with Crippen LogP contribution in [-0.4, -0.2) is 54.3 Å². The standard InChI is InChI=1S/C26H32N2O5S/c1-17(15-24(29)28-23(25(30)31)12-14-34-2)11-13-27-26(32)33-16-22-20-9-5-3-7-18(20)19-8-4-6-10-21(19)22/h3-10,17,22-23H,11-16H2,1-2H3,(H,27,32)(H,28,29)(H,30,31). The number of ether oxygens (including phenoxy) is 1. The highest BCUT2D eigenvalue weighted by Gasteiger charge is 2.29. The van der Waals surface area contributed by atoms with E-state index in [1.807, 2.05) is 37.4 Å². The summed E-state index contributed by atoms with van der Waals surface area (Å²) in [5.41, 5.74) is 4.68. The molecule has 3 N–H and O–H groups in total. The zero-order chi connectivity index (χ0) is 24.5. The summed E-state index contributed by atoms with van der Waals surface area (Å²) in [6, 6.07) is 15.5. The van der Waals surface area contributed by atoms with E-state index in [-0.39, 0.29) is 30.8 Å². The van der Waals surface area contributed by atoms with E-state index in [1.54, 1.807) is 11.8 Å². The fourth-order valence-corrected chi connectivity index (χ4v) is 4.71. The smallest absolute Gasteiger partial charge is 0.407 e. The van der Waals surface area contributed by atoms with Crippen molar-refractivity contribution >= 4 is 29.7 Å². The lowest BCUT2D eigenvalue weighted by atomic mass is 9.98. The SMILES string of the molecule is CSCCC(NC(=O)CC(C)CCNC(=O)OCC1c2ccccc2-c2ccccc21)C(=O)O. The second kappa shape index (κ2) is 12.5. The Kier molecular flexibility index (Phi) is 9.39. The van der Waals surface area contributed by atoms with Gasteiger partial charge < -0.3 is 20.5 Å². The molecule has 0 saturated heterocycles. The average Bonchev–Trinajstić information content (AvgIpc) is 3.14. The Hall–Kier alpha value is -3.00. The van der Waals surface area contributed by atoms with Crippen molar-refractivity contribution in [3.63, 3.8) is 0 Å². The molecule has 0 radical (unpaired) electrons. The van der Waals surface area contributed by atoms with Crippen LogP contribution in [-0.2, 0) is 14.3 Å². The van der Waals surface area contributed by atoms with Crippen LogP contribution < -0.4 is 10.6 Å². The molecule has 0 saturated carbocycles. The number of aliphatic carboxylic acids is 1. The minimum Gasteiger partial charge on any atom is -0.480 e. The van der Waals surface area contributed by atoms with Crippen LogP contribution >= 0.6 is 11.8 Å². The molecule has 0 aromatic heterocycles. The van der Waals surface area contributed by atoms with Crippen LogP contribution in [0.3, 0.4) is 0 Å². The Balaban J connectivity index is 1.40. The molecule has 2 amide bonds. The van der Waals surface area contributed by atoms with E-state index in [0.29, 0.717) is 25.1 Å². The lowest BCUT2D eigenvalue weighted by molar-refractivity contribution is -0.142. The maximum atomic E-state index is 12.3. The highest BCUT2D eigenvalue weighted by molar-refractivity contribution is 7.98. The van der Waals surface area contributed by atoms with E-state index in [9.17, 15) is 19.5 Å². The van der Waals surface area contributed by atoms with Gasteiger partial charge in [-0.2, -0.15) is 11.8 Å². The van der Waals surface area contributed by atoms with Crippen molar-refractivity contribution in [3.8, 4) is 11.1 Å².